The zero-order chi connectivity index (χ0) is 26.1. The maximum atomic E-state index is 14.6. The van der Waals surface area contributed by atoms with E-state index in [1.165, 1.54) is 16.9 Å². The third-order valence-corrected chi connectivity index (χ3v) is 7.09. The van der Waals surface area contributed by atoms with E-state index in [4.69, 9.17) is 0 Å². The van der Waals surface area contributed by atoms with Gasteiger partial charge in [0.15, 0.2) is 0 Å². The number of aryl methyl sites for hydroxylation is 3. The second kappa shape index (κ2) is 10.0. The molecule has 0 radical (unpaired) electrons. The van der Waals surface area contributed by atoms with Gasteiger partial charge in [-0.3, -0.25) is 19.4 Å². The molecule has 2 amide bonds. The number of benzene rings is 2. The lowest BCUT2D eigenvalue weighted by molar-refractivity contribution is -0.118. The van der Waals surface area contributed by atoms with Crippen LogP contribution >= 0.6 is 0 Å². The predicted molar refractivity (Wildman–Crippen MR) is 139 cm³/mol. The zero-order valence-electron chi connectivity index (χ0n) is 21.0. The van der Waals surface area contributed by atoms with Gasteiger partial charge < -0.3 is 10.6 Å². The number of hydrogen-bond acceptors (Lipinski definition) is 4. The molecule has 0 saturated carbocycles. The molecule has 0 saturated heterocycles. The third kappa shape index (κ3) is 4.76. The molecule has 0 unspecified atom stereocenters. The fraction of sp³-hybridized carbons (Fsp3) is 0.286. The number of fused-ring (bicyclic) bond motifs is 1. The monoisotopic (exact) mass is 500 g/mol. The van der Waals surface area contributed by atoms with Crippen molar-refractivity contribution in [1.82, 2.24) is 25.3 Å². The number of nitrogens with zero attached hydrogens (tertiary/aromatic N) is 3. The Bertz CT molecular complexity index is 1440. The van der Waals surface area contributed by atoms with Gasteiger partial charge in [0.2, 0.25) is 5.91 Å². The summed E-state index contributed by atoms with van der Waals surface area (Å²) in [4.78, 5) is 26.8. The van der Waals surface area contributed by atoms with Crippen LogP contribution in [0.25, 0.3) is 11.1 Å². The quantitative estimate of drug-likeness (QED) is 0.364. The molecule has 190 valence electrons. The number of H-pyrrole nitrogens is 1. The Morgan fingerprint density at radius 2 is 1.92 bits per heavy atom. The first kappa shape index (κ1) is 24.4. The van der Waals surface area contributed by atoms with Crippen molar-refractivity contribution in [2.24, 2.45) is 7.05 Å². The Morgan fingerprint density at radius 3 is 2.59 bits per heavy atom. The van der Waals surface area contributed by atoms with E-state index in [1.807, 2.05) is 44.2 Å². The number of aromatic nitrogens is 4. The molecule has 2 atom stereocenters. The second-order valence-electron chi connectivity index (χ2n) is 9.47. The summed E-state index contributed by atoms with van der Waals surface area (Å²) in [5.41, 5.74) is 6.19. The summed E-state index contributed by atoms with van der Waals surface area (Å²) in [7, 11) is 1.67. The maximum Gasteiger partial charge on any atom is 0.270 e. The molecule has 0 spiro atoms. The van der Waals surface area contributed by atoms with Crippen molar-refractivity contribution in [3.05, 3.63) is 88.8 Å². The summed E-state index contributed by atoms with van der Waals surface area (Å²) in [6.07, 6.45) is 3.51. The van der Waals surface area contributed by atoms with Crippen molar-refractivity contribution in [2.75, 3.05) is 5.32 Å². The predicted octanol–water partition coefficient (Wildman–Crippen LogP) is 4.42. The van der Waals surface area contributed by atoms with E-state index in [0.29, 0.717) is 29.8 Å². The topological polar surface area (TPSA) is 105 Å². The normalized spacial score (nSPS) is 15.6. The highest BCUT2D eigenvalue weighted by Crippen LogP contribution is 2.36. The van der Waals surface area contributed by atoms with Crippen molar-refractivity contribution in [3.63, 3.8) is 0 Å². The van der Waals surface area contributed by atoms with Crippen LogP contribution < -0.4 is 10.6 Å². The number of halogens is 1. The smallest absolute Gasteiger partial charge is 0.270 e. The largest absolute Gasteiger partial charge is 0.338 e. The number of hydrogen-bond donors (Lipinski definition) is 3. The standard InChI is InChI=1S/C28H29FN6O2/c1-16-25(17(2)34-33-16)18-10-12-19(13-11-18)31-28(37)26(32-27(36)24-14-15-30-35(24)3)22-8-4-7-21-20(22)6-5-9-23(21)29/h5-6,9-15,22,26H,4,7-8H2,1-3H3,(H,31,37)(H,32,36)(H,33,34)/t22-,26-/m0/s1. The Balaban J connectivity index is 1.43. The van der Waals surface area contributed by atoms with E-state index >= 15 is 0 Å². The van der Waals surface area contributed by atoms with Gasteiger partial charge in [0, 0.05) is 36.1 Å². The Hall–Kier alpha value is -4.27. The van der Waals surface area contributed by atoms with Gasteiger partial charge in [-0.25, -0.2) is 4.39 Å². The molecule has 1 aliphatic rings. The van der Waals surface area contributed by atoms with Crippen LogP contribution in [0.5, 0.6) is 0 Å². The molecule has 2 aromatic heterocycles. The summed E-state index contributed by atoms with van der Waals surface area (Å²) in [5.74, 6) is -1.42. The molecule has 37 heavy (non-hydrogen) atoms. The highest BCUT2D eigenvalue weighted by atomic mass is 19.1. The number of rotatable bonds is 6. The van der Waals surface area contributed by atoms with Crippen LogP contribution in [0, 0.1) is 19.7 Å². The zero-order valence-corrected chi connectivity index (χ0v) is 21.0. The summed E-state index contributed by atoms with van der Waals surface area (Å²) >= 11 is 0. The molecule has 3 N–H and O–H groups in total. The molecule has 2 heterocycles. The number of carbonyl (C=O) groups excluding carboxylic acids is 2. The van der Waals surface area contributed by atoms with Crippen LogP contribution in [0.15, 0.2) is 54.7 Å². The Morgan fingerprint density at radius 1 is 1.14 bits per heavy atom. The summed E-state index contributed by atoms with van der Waals surface area (Å²) in [5, 5.41) is 17.2. The minimum atomic E-state index is -0.902. The first-order valence-corrected chi connectivity index (χ1v) is 12.3. The molecule has 0 fully saturated rings. The van der Waals surface area contributed by atoms with Crippen LogP contribution in [0.1, 0.15) is 51.8 Å². The van der Waals surface area contributed by atoms with Crippen molar-refractivity contribution in [2.45, 2.75) is 45.1 Å². The molecular weight excluding hydrogens is 471 g/mol. The molecule has 4 aromatic rings. The molecule has 1 aliphatic carbocycles. The van der Waals surface area contributed by atoms with E-state index in [1.54, 1.807) is 19.2 Å². The number of anilines is 1. The van der Waals surface area contributed by atoms with Crippen LogP contribution in [-0.4, -0.2) is 37.8 Å². The Kier molecular flexibility index (Phi) is 6.60. The van der Waals surface area contributed by atoms with E-state index in [0.717, 1.165) is 34.5 Å². The van der Waals surface area contributed by atoms with Gasteiger partial charge in [0.25, 0.3) is 5.91 Å². The van der Waals surface area contributed by atoms with Gasteiger partial charge in [-0.1, -0.05) is 24.3 Å². The van der Waals surface area contributed by atoms with Gasteiger partial charge in [0.1, 0.15) is 17.6 Å². The summed E-state index contributed by atoms with van der Waals surface area (Å²) < 4.78 is 16.1. The van der Waals surface area contributed by atoms with Crippen molar-refractivity contribution in [3.8, 4) is 11.1 Å². The summed E-state index contributed by atoms with van der Waals surface area (Å²) in [6, 6.07) is 13.1. The average molecular weight is 501 g/mol. The number of amides is 2. The van der Waals surface area contributed by atoms with Gasteiger partial charge in [-0.15, -0.1) is 0 Å². The number of nitrogens with one attached hydrogen (secondary N) is 3. The molecule has 2 aromatic carbocycles. The maximum absolute atomic E-state index is 14.6. The SMILES string of the molecule is Cc1n[nH]c(C)c1-c1ccc(NC(=O)[C@@H](NC(=O)c2ccnn2C)[C@H]2CCCc3c(F)cccc32)cc1. The van der Waals surface area contributed by atoms with Crippen LogP contribution in [0.2, 0.25) is 0 Å². The highest BCUT2D eigenvalue weighted by molar-refractivity contribution is 6.01. The first-order chi connectivity index (χ1) is 17.8. The van der Waals surface area contributed by atoms with Gasteiger partial charge in [-0.2, -0.15) is 10.2 Å². The molecular formula is C28H29FN6O2. The van der Waals surface area contributed by atoms with Gasteiger partial charge in [-0.05, 0) is 74.1 Å². The van der Waals surface area contributed by atoms with Crippen molar-refractivity contribution >= 4 is 17.5 Å². The fourth-order valence-electron chi connectivity index (χ4n) is 5.26. The second-order valence-corrected chi connectivity index (χ2v) is 9.47. The number of aromatic amines is 1. The van der Waals surface area contributed by atoms with E-state index in [2.05, 4.69) is 25.9 Å². The average Bonchev–Trinajstić information content (AvgIpc) is 3.47. The molecule has 8 nitrogen and oxygen atoms in total. The molecule has 5 rings (SSSR count). The van der Waals surface area contributed by atoms with E-state index in [9.17, 15) is 14.0 Å². The lowest BCUT2D eigenvalue weighted by Gasteiger charge is -2.32. The first-order valence-electron chi connectivity index (χ1n) is 12.3. The van der Waals surface area contributed by atoms with Gasteiger partial charge >= 0.3 is 0 Å². The summed E-state index contributed by atoms with van der Waals surface area (Å²) in [6.45, 7) is 3.90. The lowest BCUT2D eigenvalue weighted by Crippen LogP contribution is -2.48. The molecule has 0 aliphatic heterocycles. The third-order valence-electron chi connectivity index (χ3n) is 7.09. The minimum Gasteiger partial charge on any atom is -0.338 e. The molecule has 9 heteroatoms. The van der Waals surface area contributed by atoms with Crippen LogP contribution in [0.4, 0.5) is 10.1 Å². The van der Waals surface area contributed by atoms with Crippen LogP contribution in [-0.2, 0) is 18.3 Å². The molecule has 0 bridgehead atoms. The van der Waals surface area contributed by atoms with Crippen LogP contribution in [0.3, 0.4) is 0 Å². The van der Waals surface area contributed by atoms with E-state index in [-0.39, 0.29) is 17.6 Å². The minimum absolute atomic E-state index is 0.278. The number of carbonyl (C=O) groups is 2. The fourth-order valence-corrected chi connectivity index (χ4v) is 5.26. The van der Waals surface area contributed by atoms with Crippen molar-refractivity contribution < 1.29 is 14.0 Å². The highest BCUT2D eigenvalue weighted by Gasteiger charge is 2.35. The van der Waals surface area contributed by atoms with Crippen molar-refractivity contribution in [1.29, 1.82) is 0 Å². The lowest BCUT2D eigenvalue weighted by atomic mass is 9.78. The Labute approximate surface area is 214 Å². The van der Waals surface area contributed by atoms with E-state index < -0.39 is 11.9 Å². The van der Waals surface area contributed by atoms with Gasteiger partial charge in [0.05, 0.1) is 5.69 Å².